The van der Waals surface area contributed by atoms with Gasteiger partial charge in [0.15, 0.2) is 5.96 Å². The van der Waals surface area contributed by atoms with E-state index in [-0.39, 0.29) is 29.9 Å². The van der Waals surface area contributed by atoms with Crippen molar-refractivity contribution in [3.63, 3.8) is 0 Å². The summed E-state index contributed by atoms with van der Waals surface area (Å²) < 4.78 is 0. The van der Waals surface area contributed by atoms with Crippen LogP contribution >= 0.6 is 47.1 Å². The van der Waals surface area contributed by atoms with Crippen molar-refractivity contribution in [1.29, 1.82) is 0 Å². The highest BCUT2D eigenvalue weighted by Crippen LogP contribution is 2.15. The van der Waals surface area contributed by atoms with Crippen molar-refractivity contribution in [3.8, 4) is 0 Å². The van der Waals surface area contributed by atoms with Crippen LogP contribution in [0, 0.1) is 6.92 Å². The molecule has 0 fully saturated rings. The summed E-state index contributed by atoms with van der Waals surface area (Å²) in [7, 11) is 3.76. The summed E-state index contributed by atoms with van der Waals surface area (Å²) in [5.41, 5.74) is 3.68. The van der Waals surface area contributed by atoms with E-state index in [0.29, 0.717) is 18.0 Å². The molecule has 2 rings (SSSR count). The first-order chi connectivity index (χ1) is 12.5. The standard InChI is InChI=1S/C18H25N5OS2.HI/c1-13-16(26-12-22-13)17(24)20-9-10-21-18(19-2)23(3)11-14-5-7-15(25-4)8-6-14;/h5-8,12H,9-11H2,1-4H3,(H,19,21)(H,20,24);1H. The molecular weight excluding hydrogens is 493 g/mol. The SMILES string of the molecule is CN=C(NCCNC(=O)c1scnc1C)N(C)Cc1ccc(SC)cc1.I. The molecule has 27 heavy (non-hydrogen) atoms. The van der Waals surface area contributed by atoms with Crippen LogP contribution in [-0.4, -0.2) is 55.2 Å². The van der Waals surface area contributed by atoms with E-state index in [9.17, 15) is 4.79 Å². The molecule has 6 nitrogen and oxygen atoms in total. The third-order valence-electron chi connectivity index (χ3n) is 3.80. The van der Waals surface area contributed by atoms with Crippen LogP contribution in [0.15, 0.2) is 39.7 Å². The van der Waals surface area contributed by atoms with Crippen LogP contribution in [0.25, 0.3) is 0 Å². The molecule has 0 aliphatic rings. The van der Waals surface area contributed by atoms with Gasteiger partial charge < -0.3 is 15.5 Å². The monoisotopic (exact) mass is 519 g/mol. The summed E-state index contributed by atoms with van der Waals surface area (Å²) in [6.07, 6.45) is 2.07. The molecule has 148 valence electrons. The highest BCUT2D eigenvalue weighted by Gasteiger charge is 2.11. The van der Waals surface area contributed by atoms with Gasteiger partial charge in [0.1, 0.15) is 4.88 Å². The molecule has 0 atom stereocenters. The Morgan fingerprint density at radius 2 is 1.93 bits per heavy atom. The van der Waals surface area contributed by atoms with Crippen molar-refractivity contribution in [2.24, 2.45) is 4.99 Å². The Morgan fingerprint density at radius 3 is 2.48 bits per heavy atom. The molecule has 0 saturated carbocycles. The molecule has 1 aromatic heterocycles. The van der Waals surface area contributed by atoms with Gasteiger partial charge in [-0.3, -0.25) is 9.79 Å². The third kappa shape index (κ3) is 7.30. The molecule has 1 amide bonds. The summed E-state index contributed by atoms with van der Waals surface area (Å²) >= 11 is 3.09. The number of nitrogens with zero attached hydrogens (tertiary/aromatic N) is 3. The Morgan fingerprint density at radius 1 is 1.26 bits per heavy atom. The molecule has 0 aliphatic heterocycles. The number of hydrogen-bond donors (Lipinski definition) is 2. The third-order valence-corrected chi connectivity index (χ3v) is 5.47. The minimum Gasteiger partial charge on any atom is -0.354 e. The van der Waals surface area contributed by atoms with Crippen LogP contribution < -0.4 is 10.6 Å². The van der Waals surface area contributed by atoms with Crippen LogP contribution in [-0.2, 0) is 6.54 Å². The summed E-state index contributed by atoms with van der Waals surface area (Å²) in [5, 5.41) is 6.17. The Balaban J connectivity index is 0.00000364. The van der Waals surface area contributed by atoms with E-state index in [1.165, 1.54) is 21.8 Å². The molecule has 0 saturated heterocycles. The van der Waals surface area contributed by atoms with E-state index in [2.05, 4.69) is 56.0 Å². The molecule has 9 heteroatoms. The molecular formula is C18H26IN5OS2. The molecule has 2 aromatic rings. The number of aryl methyl sites for hydroxylation is 1. The minimum absolute atomic E-state index is 0. The zero-order chi connectivity index (χ0) is 18.9. The molecule has 0 unspecified atom stereocenters. The number of benzene rings is 1. The summed E-state index contributed by atoms with van der Waals surface area (Å²) in [6.45, 7) is 3.73. The van der Waals surface area contributed by atoms with Crippen molar-refractivity contribution >= 4 is 58.9 Å². The maximum absolute atomic E-state index is 12.1. The first-order valence-corrected chi connectivity index (χ1v) is 10.4. The van der Waals surface area contributed by atoms with Crippen molar-refractivity contribution in [1.82, 2.24) is 20.5 Å². The predicted octanol–water partition coefficient (Wildman–Crippen LogP) is 3.23. The smallest absolute Gasteiger partial charge is 0.263 e. The topological polar surface area (TPSA) is 69.6 Å². The Hall–Kier alpha value is -1.33. The van der Waals surface area contributed by atoms with Gasteiger partial charge in [-0.05, 0) is 30.9 Å². The molecule has 1 heterocycles. The van der Waals surface area contributed by atoms with E-state index in [1.54, 1.807) is 24.3 Å². The van der Waals surface area contributed by atoms with Gasteiger partial charge in [-0.1, -0.05) is 12.1 Å². The first-order valence-electron chi connectivity index (χ1n) is 8.28. The average molecular weight is 519 g/mol. The van der Waals surface area contributed by atoms with Crippen LogP contribution in [0.3, 0.4) is 0 Å². The quantitative estimate of drug-likeness (QED) is 0.193. The fourth-order valence-corrected chi connectivity index (χ4v) is 3.54. The first kappa shape index (κ1) is 23.7. The number of halogens is 1. The maximum Gasteiger partial charge on any atom is 0.263 e. The minimum atomic E-state index is -0.0796. The molecule has 2 N–H and O–H groups in total. The number of hydrogen-bond acceptors (Lipinski definition) is 5. The van der Waals surface area contributed by atoms with Gasteiger partial charge in [0, 0.05) is 38.6 Å². The van der Waals surface area contributed by atoms with Crippen LogP contribution in [0.1, 0.15) is 20.9 Å². The van der Waals surface area contributed by atoms with Gasteiger partial charge in [0.2, 0.25) is 0 Å². The van der Waals surface area contributed by atoms with E-state index in [1.807, 2.05) is 14.0 Å². The number of carbonyl (C=O) groups excluding carboxylic acids is 1. The lowest BCUT2D eigenvalue weighted by Gasteiger charge is -2.22. The number of guanidine groups is 1. The molecule has 0 bridgehead atoms. The molecule has 0 aliphatic carbocycles. The zero-order valence-electron chi connectivity index (χ0n) is 16.0. The summed E-state index contributed by atoms with van der Waals surface area (Å²) in [5.74, 6) is 0.714. The van der Waals surface area contributed by atoms with Crippen molar-refractivity contribution in [2.75, 3.05) is 33.4 Å². The zero-order valence-corrected chi connectivity index (χ0v) is 19.9. The van der Waals surface area contributed by atoms with Crippen molar-refractivity contribution < 1.29 is 4.79 Å². The number of nitrogens with one attached hydrogen (secondary N) is 2. The number of amides is 1. The predicted molar refractivity (Wildman–Crippen MR) is 126 cm³/mol. The summed E-state index contributed by atoms with van der Waals surface area (Å²) in [4.78, 5) is 24.4. The number of aromatic nitrogens is 1. The van der Waals surface area contributed by atoms with E-state index in [4.69, 9.17) is 0 Å². The number of aliphatic imine (C=N–C) groups is 1. The second kappa shape index (κ2) is 12.2. The van der Waals surface area contributed by atoms with Gasteiger partial charge in [-0.2, -0.15) is 0 Å². The van der Waals surface area contributed by atoms with E-state index >= 15 is 0 Å². The van der Waals surface area contributed by atoms with E-state index < -0.39 is 0 Å². The van der Waals surface area contributed by atoms with Gasteiger partial charge in [0.25, 0.3) is 5.91 Å². The number of carbonyl (C=O) groups is 1. The largest absolute Gasteiger partial charge is 0.354 e. The lowest BCUT2D eigenvalue weighted by Crippen LogP contribution is -2.42. The second-order valence-corrected chi connectivity index (χ2v) is 7.44. The van der Waals surface area contributed by atoms with Gasteiger partial charge >= 0.3 is 0 Å². The fraction of sp³-hybridized carbons (Fsp3) is 0.389. The van der Waals surface area contributed by atoms with Crippen LogP contribution in [0.4, 0.5) is 0 Å². The highest BCUT2D eigenvalue weighted by atomic mass is 127. The van der Waals surface area contributed by atoms with Crippen LogP contribution in [0.2, 0.25) is 0 Å². The maximum atomic E-state index is 12.1. The number of rotatable bonds is 7. The second-order valence-electron chi connectivity index (χ2n) is 5.70. The Bertz CT molecular complexity index is 748. The number of thioether (sulfide) groups is 1. The average Bonchev–Trinajstić information content (AvgIpc) is 3.08. The van der Waals surface area contributed by atoms with Crippen LogP contribution in [0.5, 0.6) is 0 Å². The van der Waals surface area contributed by atoms with E-state index in [0.717, 1.165) is 18.2 Å². The van der Waals surface area contributed by atoms with Gasteiger partial charge in [0.05, 0.1) is 11.2 Å². The molecule has 0 spiro atoms. The van der Waals surface area contributed by atoms with Crippen molar-refractivity contribution in [2.45, 2.75) is 18.4 Å². The Labute approximate surface area is 186 Å². The van der Waals surface area contributed by atoms with Gasteiger partial charge in [-0.15, -0.1) is 47.1 Å². The normalized spacial score (nSPS) is 10.9. The molecule has 0 radical (unpaired) electrons. The van der Waals surface area contributed by atoms with Gasteiger partial charge in [-0.25, -0.2) is 4.98 Å². The Kier molecular flexibility index (Phi) is 10.7. The fourth-order valence-electron chi connectivity index (χ4n) is 2.41. The lowest BCUT2D eigenvalue weighted by atomic mass is 10.2. The summed E-state index contributed by atoms with van der Waals surface area (Å²) in [6, 6.07) is 8.52. The lowest BCUT2D eigenvalue weighted by molar-refractivity contribution is 0.0957. The van der Waals surface area contributed by atoms with Crippen molar-refractivity contribution in [3.05, 3.63) is 45.9 Å². The number of thiazole rings is 1. The highest BCUT2D eigenvalue weighted by molar-refractivity contribution is 14.0. The molecule has 1 aromatic carbocycles.